The number of hydrogen-bond donors (Lipinski definition) is 2. The van der Waals surface area contributed by atoms with Gasteiger partial charge in [-0.3, -0.25) is 4.79 Å². The average molecular weight is 387 g/mol. The fourth-order valence-corrected chi connectivity index (χ4v) is 2.20. The van der Waals surface area contributed by atoms with Gasteiger partial charge >= 0.3 is 6.18 Å². The van der Waals surface area contributed by atoms with Gasteiger partial charge in [-0.2, -0.15) is 13.2 Å². The number of pyridine rings is 1. The maximum Gasteiger partial charge on any atom is 0.416 e. The number of alkyl halides is 3. The minimum absolute atomic E-state index is 0.103. The van der Waals surface area contributed by atoms with Gasteiger partial charge in [0, 0.05) is 13.1 Å². The first-order valence-electron chi connectivity index (χ1n) is 7.69. The lowest BCUT2D eigenvalue weighted by Crippen LogP contribution is -2.31. The van der Waals surface area contributed by atoms with Crippen molar-refractivity contribution in [3.8, 4) is 0 Å². The largest absolute Gasteiger partial charge is 0.416 e. The third-order valence-corrected chi connectivity index (χ3v) is 3.74. The standard InChI is InChI=1S/C17H18ClF3N4O/c1-25(2)8-7-22-16(26)14-6-4-12(10-23-14)24-15-9-11(17(19,20)21)3-5-13(15)18/h3-6,9-10,24H,7-8H2,1-2H3,(H,22,26). The molecule has 1 heterocycles. The molecule has 2 aromatic rings. The van der Waals surface area contributed by atoms with Crippen molar-refractivity contribution < 1.29 is 18.0 Å². The first-order chi connectivity index (χ1) is 12.2. The van der Waals surface area contributed by atoms with Crippen LogP contribution in [0.1, 0.15) is 16.1 Å². The first kappa shape index (κ1) is 20.0. The maximum absolute atomic E-state index is 12.8. The highest BCUT2D eigenvalue weighted by Crippen LogP contribution is 2.34. The number of halogens is 4. The van der Waals surface area contributed by atoms with E-state index in [2.05, 4.69) is 15.6 Å². The van der Waals surface area contributed by atoms with E-state index in [4.69, 9.17) is 11.6 Å². The second-order valence-electron chi connectivity index (χ2n) is 5.81. The van der Waals surface area contributed by atoms with Crippen molar-refractivity contribution in [1.29, 1.82) is 0 Å². The molecule has 2 rings (SSSR count). The zero-order valence-corrected chi connectivity index (χ0v) is 14.9. The number of rotatable bonds is 6. The van der Waals surface area contributed by atoms with Gasteiger partial charge < -0.3 is 15.5 Å². The fourth-order valence-electron chi connectivity index (χ4n) is 2.04. The normalized spacial score (nSPS) is 11.5. The van der Waals surface area contributed by atoms with E-state index in [9.17, 15) is 18.0 Å². The van der Waals surface area contributed by atoms with Gasteiger partial charge in [0.2, 0.25) is 0 Å². The van der Waals surface area contributed by atoms with Gasteiger partial charge in [-0.05, 0) is 44.4 Å². The molecule has 0 bridgehead atoms. The Hall–Kier alpha value is -2.32. The molecule has 9 heteroatoms. The Morgan fingerprint density at radius 1 is 1.23 bits per heavy atom. The molecule has 0 radical (unpaired) electrons. The van der Waals surface area contributed by atoms with Gasteiger partial charge in [-0.15, -0.1) is 0 Å². The monoisotopic (exact) mass is 386 g/mol. The summed E-state index contributed by atoms with van der Waals surface area (Å²) in [7, 11) is 3.79. The molecular weight excluding hydrogens is 369 g/mol. The molecule has 1 amide bonds. The summed E-state index contributed by atoms with van der Waals surface area (Å²) in [5.74, 6) is -0.324. The van der Waals surface area contributed by atoms with Crippen molar-refractivity contribution in [1.82, 2.24) is 15.2 Å². The highest BCUT2D eigenvalue weighted by atomic mass is 35.5. The summed E-state index contributed by atoms with van der Waals surface area (Å²) in [6.45, 7) is 1.17. The van der Waals surface area contributed by atoms with Crippen LogP contribution in [0.5, 0.6) is 0 Å². The highest BCUT2D eigenvalue weighted by molar-refractivity contribution is 6.33. The van der Waals surface area contributed by atoms with E-state index in [1.165, 1.54) is 18.3 Å². The average Bonchev–Trinajstić information content (AvgIpc) is 2.56. The Morgan fingerprint density at radius 3 is 2.54 bits per heavy atom. The van der Waals surface area contributed by atoms with Crippen LogP contribution in [0, 0.1) is 0 Å². The molecular formula is C17H18ClF3N4O. The highest BCUT2D eigenvalue weighted by Gasteiger charge is 2.31. The van der Waals surface area contributed by atoms with Gasteiger partial charge in [-0.25, -0.2) is 4.98 Å². The van der Waals surface area contributed by atoms with Crippen LogP contribution in [0.4, 0.5) is 24.5 Å². The Balaban J connectivity index is 2.06. The van der Waals surface area contributed by atoms with E-state index in [-0.39, 0.29) is 22.3 Å². The Morgan fingerprint density at radius 2 is 1.96 bits per heavy atom. The number of nitrogens with one attached hydrogen (secondary N) is 2. The lowest BCUT2D eigenvalue weighted by Gasteiger charge is -2.13. The third kappa shape index (κ3) is 5.60. The van der Waals surface area contributed by atoms with Gasteiger partial charge in [0.15, 0.2) is 0 Å². The second kappa shape index (κ2) is 8.37. The first-order valence-corrected chi connectivity index (χ1v) is 8.07. The smallest absolute Gasteiger partial charge is 0.353 e. The topological polar surface area (TPSA) is 57.3 Å². The SMILES string of the molecule is CN(C)CCNC(=O)c1ccc(Nc2cc(C(F)(F)F)ccc2Cl)cn1. The molecule has 0 unspecified atom stereocenters. The molecule has 0 saturated heterocycles. The number of likely N-dealkylation sites (N-methyl/N-ethyl adjacent to an activating group) is 1. The molecule has 0 atom stereocenters. The number of aromatic nitrogens is 1. The van der Waals surface area contributed by atoms with Crippen molar-refractivity contribution >= 4 is 28.9 Å². The molecule has 0 aliphatic heterocycles. The zero-order valence-electron chi connectivity index (χ0n) is 14.2. The van der Waals surface area contributed by atoms with Crippen LogP contribution >= 0.6 is 11.6 Å². The molecule has 1 aromatic carbocycles. The van der Waals surface area contributed by atoms with E-state index in [1.54, 1.807) is 6.07 Å². The minimum atomic E-state index is -4.46. The summed E-state index contributed by atoms with van der Waals surface area (Å²) in [4.78, 5) is 17.9. The summed E-state index contributed by atoms with van der Waals surface area (Å²) < 4.78 is 38.4. The van der Waals surface area contributed by atoms with Crippen LogP contribution in [-0.4, -0.2) is 43.0 Å². The molecule has 0 fully saturated rings. The predicted octanol–water partition coefficient (Wildman–Crippen LogP) is 3.79. The molecule has 0 saturated carbocycles. The lowest BCUT2D eigenvalue weighted by atomic mass is 10.2. The molecule has 2 N–H and O–H groups in total. The van der Waals surface area contributed by atoms with E-state index in [0.29, 0.717) is 18.8 Å². The second-order valence-corrected chi connectivity index (χ2v) is 6.22. The number of amides is 1. The van der Waals surface area contributed by atoms with Crippen LogP contribution in [0.25, 0.3) is 0 Å². The molecule has 1 aromatic heterocycles. The number of anilines is 2. The van der Waals surface area contributed by atoms with E-state index >= 15 is 0 Å². The summed E-state index contributed by atoms with van der Waals surface area (Å²) in [5, 5.41) is 5.64. The van der Waals surface area contributed by atoms with Crippen LogP contribution in [0.3, 0.4) is 0 Å². The van der Waals surface area contributed by atoms with Gasteiger partial charge in [-0.1, -0.05) is 11.6 Å². The Kier molecular flexibility index (Phi) is 6.44. The predicted molar refractivity (Wildman–Crippen MR) is 94.9 cm³/mol. The van der Waals surface area contributed by atoms with E-state index in [1.807, 2.05) is 19.0 Å². The van der Waals surface area contributed by atoms with Crippen molar-refractivity contribution in [3.05, 3.63) is 52.8 Å². The van der Waals surface area contributed by atoms with Crippen molar-refractivity contribution in [2.75, 3.05) is 32.5 Å². The van der Waals surface area contributed by atoms with Crippen LogP contribution < -0.4 is 10.6 Å². The molecule has 140 valence electrons. The molecule has 0 aliphatic rings. The summed E-state index contributed by atoms with van der Waals surface area (Å²) >= 11 is 5.94. The number of carbonyl (C=O) groups excluding carboxylic acids is 1. The molecule has 0 aliphatic carbocycles. The lowest BCUT2D eigenvalue weighted by molar-refractivity contribution is -0.137. The van der Waals surface area contributed by atoms with E-state index < -0.39 is 11.7 Å². The zero-order chi connectivity index (χ0) is 19.3. The Bertz CT molecular complexity index is 764. The van der Waals surface area contributed by atoms with Crippen molar-refractivity contribution in [2.24, 2.45) is 0 Å². The number of carbonyl (C=O) groups is 1. The van der Waals surface area contributed by atoms with Crippen LogP contribution in [0.2, 0.25) is 5.02 Å². The molecule has 26 heavy (non-hydrogen) atoms. The number of benzene rings is 1. The third-order valence-electron chi connectivity index (χ3n) is 3.41. The summed E-state index contributed by atoms with van der Waals surface area (Å²) in [6.07, 6.45) is -3.11. The quantitative estimate of drug-likeness (QED) is 0.793. The van der Waals surface area contributed by atoms with Gasteiger partial charge in [0.05, 0.1) is 28.2 Å². The number of nitrogens with zero attached hydrogens (tertiary/aromatic N) is 2. The molecule has 0 spiro atoms. The summed E-state index contributed by atoms with van der Waals surface area (Å²) in [6, 6.07) is 6.03. The van der Waals surface area contributed by atoms with Crippen LogP contribution in [-0.2, 0) is 6.18 Å². The van der Waals surface area contributed by atoms with Crippen LogP contribution in [0.15, 0.2) is 36.5 Å². The van der Waals surface area contributed by atoms with Gasteiger partial charge in [0.25, 0.3) is 5.91 Å². The minimum Gasteiger partial charge on any atom is -0.353 e. The number of hydrogen-bond acceptors (Lipinski definition) is 4. The van der Waals surface area contributed by atoms with Crippen molar-refractivity contribution in [2.45, 2.75) is 6.18 Å². The maximum atomic E-state index is 12.8. The fraction of sp³-hybridized carbons (Fsp3) is 0.294. The van der Waals surface area contributed by atoms with Gasteiger partial charge in [0.1, 0.15) is 5.69 Å². The Labute approximate surface area is 154 Å². The van der Waals surface area contributed by atoms with E-state index in [0.717, 1.165) is 12.1 Å². The van der Waals surface area contributed by atoms with Crippen molar-refractivity contribution in [3.63, 3.8) is 0 Å². The summed E-state index contributed by atoms with van der Waals surface area (Å²) in [5.41, 5.74) is -0.0822. The molecule has 5 nitrogen and oxygen atoms in total.